The second kappa shape index (κ2) is 7.33. The van der Waals surface area contributed by atoms with E-state index in [1.165, 1.54) is 24.1 Å². The lowest BCUT2D eigenvalue weighted by Crippen LogP contribution is -2.37. The lowest BCUT2D eigenvalue weighted by molar-refractivity contribution is 0.563. The Morgan fingerprint density at radius 3 is 2.53 bits per heavy atom. The van der Waals surface area contributed by atoms with Crippen LogP contribution in [-0.2, 0) is 0 Å². The summed E-state index contributed by atoms with van der Waals surface area (Å²) in [7, 11) is 0. The molecule has 0 aromatic heterocycles. The highest BCUT2D eigenvalue weighted by atomic mass is 15.1. The summed E-state index contributed by atoms with van der Waals surface area (Å²) in [5.74, 6) is 0. The quantitative estimate of drug-likeness (QED) is 0.784. The first-order valence-electron chi connectivity index (χ1n) is 6.75. The third-order valence-electron chi connectivity index (χ3n) is 3.22. The molecule has 2 nitrogen and oxygen atoms in total. The highest BCUT2D eigenvalue weighted by Crippen LogP contribution is 2.19. The van der Waals surface area contributed by atoms with Crippen LogP contribution in [0.3, 0.4) is 0 Å². The van der Waals surface area contributed by atoms with E-state index in [4.69, 9.17) is 5.73 Å². The zero-order valence-electron chi connectivity index (χ0n) is 11.4. The molecule has 0 fully saturated rings. The van der Waals surface area contributed by atoms with Crippen molar-refractivity contribution in [2.75, 3.05) is 18.0 Å². The van der Waals surface area contributed by atoms with Gasteiger partial charge < -0.3 is 10.6 Å². The zero-order chi connectivity index (χ0) is 12.7. The van der Waals surface area contributed by atoms with Gasteiger partial charge in [0.05, 0.1) is 0 Å². The van der Waals surface area contributed by atoms with E-state index < -0.39 is 0 Å². The standard InChI is InChI=1S/C15H26N2/c1-4-6-10-14(16)12-17(5-2)15-11-8-7-9-13(15)3/h7-9,11,14H,4-6,10,12,16H2,1-3H3. The first-order valence-corrected chi connectivity index (χ1v) is 6.75. The molecule has 1 rings (SSSR count). The molecule has 0 radical (unpaired) electrons. The Morgan fingerprint density at radius 1 is 1.24 bits per heavy atom. The minimum Gasteiger partial charge on any atom is -0.370 e. The maximum atomic E-state index is 6.18. The molecule has 1 atom stereocenters. The summed E-state index contributed by atoms with van der Waals surface area (Å²) in [5.41, 5.74) is 8.83. The molecule has 0 saturated heterocycles. The van der Waals surface area contributed by atoms with Gasteiger partial charge >= 0.3 is 0 Å². The molecule has 2 heteroatoms. The average molecular weight is 234 g/mol. The van der Waals surface area contributed by atoms with Gasteiger partial charge in [-0.3, -0.25) is 0 Å². The number of nitrogens with two attached hydrogens (primary N) is 1. The molecule has 0 aliphatic rings. The molecule has 0 spiro atoms. The first-order chi connectivity index (χ1) is 8.19. The number of nitrogens with zero attached hydrogens (tertiary/aromatic N) is 1. The van der Waals surface area contributed by atoms with Gasteiger partial charge in [0, 0.05) is 24.8 Å². The third kappa shape index (κ3) is 4.39. The van der Waals surface area contributed by atoms with Crippen LogP contribution in [0, 0.1) is 6.92 Å². The molecule has 1 aromatic carbocycles. The summed E-state index contributed by atoms with van der Waals surface area (Å²) < 4.78 is 0. The number of para-hydroxylation sites is 1. The van der Waals surface area contributed by atoms with E-state index in [2.05, 4.69) is 49.9 Å². The molecule has 0 bridgehead atoms. The van der Waals surface area contributed by atoms with Gasteiger partial charge in [0.1, 0.15) is 0 Å². The number of anilines is 1. The number of unbranched alkanes of at least 4 members (excludes halogenated alkanes) is 1. The summed E-state index contributed by atoms with van der Waals surface area (Å²) in [6.45, 7) is 8.55. The van der Waals surface area contributed by atoms with Crippen molar-refractivity contribution in [2.45, 2.75) is 46.1 Å². The Morgan fingerprint density at radius 2 is 1.94 bits per heavy atom. The van der Waals surface area contributed by atoms with Crippen molar-refractivity contribution in [3.8, 4) is 0 Å². The van der Waals surface area contributed by atoms with Gasteiger partial charge in [0.25, 0.3) is 0 Å². The predicted octanol–water partition coefficient (Wildman–Crippen LogP) is 3.34. The van der Waals surface area contributed by atoms with Crippen molar-refractivity contribution in [2.24, 2.45) is 5.73 Å². The van der Waals surface area contributed by atoms with E-state index in [1.807, 2.05) is 0 Å². The van der Waals surface area contributed by atoms with Crippen LogP contribution >= 0.6 is 0 Å². The number of likely N-dealkylation sites (N-methyl/N-ethyl adjacent to an activating group) is 1. The summed E-state index contributed by atoms with van der Waals surface area (Å²) in [5, 5.41) is 0. The molecule has 17 heavy (non-hydrogen) atoms. The van der Waals surface area contributed by atoms with Gasteiger partial charge in [0.15, 0.2) is 0 Å². The average Bonchev–Trinajstić information content (AvgIpc) is 2.34. The van der Waals surface area contributed by atoms with Gasteiger partial charge in [-0.2, -0.15) is 0 Å². The lowest BCUT2D eigenvalue weighted by Gasteiger charge is -2.28. The second-order valence-electron chi connectivity index (χ2n) is 4.73. The lowest BCUT2D eigenvalue weighted by atomic mass is 10.1. The maximum Gasteiger partial charge on any atom is 0.0396 e. The van der Waals surface area contributed by atoms with E-state index in [0.29, 0.717) is 0 Å². The minimum absolute atomic E-state index is 0.287. The van der Waals surface area contributed by atoms with Crippen molar-refractivity contribution >= 4 is 5.69 Å². The molecule has 1 aromatic rings. The van der Waals surface area contributed by atoms with E-state index >= 15 is 0 Å². The molecular weight excluding hydrogens is 208 g/mol. The van der Waals surface area contributed by atoms with Crippen LogP contribution in [0.2, 0.25) is 0 Å². The summed E-state index contributed by atoms with van der Waals surface area (Å²) >= 11 is 0. The summed E-state index contributed by atoms with van der Waals surface area (Å²) in [6.07, 6.45) is 3.58. The van der Waals surface area contributed by atoms with Gasteiger partial charge in [0.2, 0.25) is 0 Å². The topological polar surface area (TPSA) is 29.3 Å². The van der Waals surface area contributed by atoms with E-state index in [0.717, 1.165) is 19.5 Å². The maximum absolute atomic E-state index is 6.18. The van der Waals surface area contributed by atoms with Crippen molar-refractivity contribution in [3.63, 3.8) is 0 Å². The highest BCUT2D eigenvalue weighted by Gasteiger charge is 2.10. The van der Waals surface area contributed by atoms with Crippen LogP contribution in [0.15, 0.2) is 24.3 Å². The molecular formula is C15H26N2. The normalized spacial score (nSPS) is 12.5. The zero-order valence-corrected chi connectivity index (χ0v) is 11.4. The van der Waals surface area contributed by atoms with Gasteiger partial charge in [-0.25, -0.2) is 0 Å². The Labute approximate surface area is 106 Å². The van der Waals surface area contributed by atoms with E-state index in [-0.39, 0.29) is 6.04 Å². The molecule has 0 saturated carbocycles. The van der Waals surface area contributed by atoms with Crippen molar-refractivity contribution in [1.29, 1.82) is 0 Å². The molecule has 0 amide bonds. The fourth-order valence-electron chi connectivity index (χ4n) is 2.16. The van der Waals surface area contributed by atoms with E-state index in [1.54, 1.807) is 0 Å². The van der Waals surface area contributed by atoms with Crippen LogP contribution in [0.25, 0.3) is 0 Å². The second-order valence-corrected chi connectivity index (χ2v) is 4.73. The third-order valence-corrected chi connectivity index (χ3v) is 3.22. The van der Waals surface area contributed by atoms with Crippen LogP contribution in [0.1, 0.15) is 38.7 Å². The highest BCUT2D eigenvalue weighted by molar-refractivity contribution is 5.52. The predicted molar refractivity (Wildman–Crippen MR) is 76.6 cm³/mol. The van der Waals surface area contributed by atoms with Crippen molar-refractivity contribution < 1.29 is 0 Å². The smallest absolute Gasteiger partial charge is 0.0396 e. The van der Waals surface area contributed by atoms with Crippen LogP contribution in [-0.4, -0.2) is 19.1 Å². The number of benzene rings is 1. The summed E-state index contributed by atoms with van der Waals surface area (Å²) in [4.78, 5) is 2.38. The molecule has 0 heterocycles. The number of rotatable bonds is 7. The molecule has 2 N–H and O–H groups in total. The van der Waals surface area contributed by atoms with E-state index in [9.17, 15) is 0 Å². The largest absolute Gasteiger partial charge is 0.370 e. The SMILES string of the molecule is CCCCC(N)CN(CC)c1ccccc1C. The Bertz CT molecular complexity index is 322. The monoisotopic (exact) mass is 234 g/mol. The number of hydrogen-bond donors (Lipinski definition) is 1. The van der Waals surface area contributed by atoms with Crippen molar-refractivity contribution in [3.05, 3.63) is 29.8 Å². The van der Waals surface area contributed by atoms with Crippen LogP contribution in [0.4, 0.5) is 5.69 Å². The molecule has 0 aliphatic carbocycles. The fourth-order valence-corrected chi connectivity index (χ4v) is 2.16. The van der Waals surface area contributed by atoms with Gasteiger partial charge in [-0.15, -0.1) is 0 Å². The number of hydrogen-bond acceptors (Lipinski definition) is 2. The first kappa shape index (κ1) is 14.0. The fraction of sp³-hybridized carbons (Fsp3) is 0.600. The molecule has 0 aliphatic heterocycles. The van der Waals surface area contributed by atoms with Gasteiger partial charge in [-0.05, 0) is 31.9 Å². The van der Waals surface area contributed by atoms with Crippen LogP contribution < -0.4 is 10.6 Å². The number of aryl methyl sites for hydroxylation is 1. The molecule has 1 unspecified atom stereocenters. The Hall–Kier alpha value is -1.02. The van der Waals surface area contributed by atoms with Gasteiger partial charge in [-0.1, -0.05) is 38.0 Å². The minimum atomic E-state index is 0.287. The Balaban J connectivity index is 2.62. The van der Waals surface area contributed by atoms with Crippen LogP contribution in [0.5, 0.6) is 0 Å². The Kier molecular flexibility index (Phi) is 6.06. The van der Waals surface area contributed by atoms with Crippen molar-refractivity contribution in [1.82, 2.24) is 0 Å². The molecule has 96 valence electrons. The summed E-state index contributed by atoms with van der Waals surface area (Å²) in [6, 6.07) is 8.82.